The van der Waals surface area contributed by atoms with Crippen LogP contribution in [0.2, 0.25) is 0 Å². The van der Waals surface area contributed by atoms with E-state index >= 15 is 0 Å². The van der Waals surface area contributed by atoms with Gasteiger partial charge in [0.25, 0.3) is 0 Å². The van der Waals surface area contributed by atoms with Gasteiger partial charge in [0.1, 0.15) is 0 Å². The highest BCUT2D eigenvalue weighted by Gasteiger charge is 2.18. The Morgan fingerprint density at radius 3 is 2.10 bits per heavy atom. The van der Waals surface area contributed by atoms with E-state index in [0.717, 1.165) is 11.1 Å². The van der Waals surface area contributed by atoms with Crippen LogP contribution >= 0.6 is 0 Å². The molecule has 1 atom stereocenters. The summed E-state index contributed by atoms with van der Waals surface area (Å²) in [5, 5.41) is 0. The molecule has 0 amide bonds. The Balaban J connectivity index is 2.32. The molecule has 2 aromatic rings. The fourth-order valence-electron chi connectivity index (χ4n) is 2.38. The summed E-state index contributed by atoms with van der Waals surface area (Å²) in [6.45, 7) is 0. The smallest absolute Gasteiger partial charge is 0.203 e. The first kappa shape index (κ1) is 15.2. The molecule has 1 unspecified atom stereocenters. The number of nitrogens with two attached hydrogens (primary N) is 1. The van der Waals surface area contributed by atoms with Crippen LogP contribution in [0.15, 0.2) is 42.5 Å². The van der Waals surface area contributed by atoms with Crippen molar-refractivity contribution in [2.24, 2.45) is 5.73 Å². The van der Waals surface area contributed by atoms with Gasteiger partial charge in [0.05, 0.1) is 21.3 Å². The number of rotatable bonds is 6. The third kappa shape index (κ3) is 3.28. The predicted molar refractivity (Wildman–Crippen MR) is 83.2 cm³/mol. The van der Waals surface area contributed by atoms with Gasteiger partial charge in [-0.25, -0.2) is 0 Å². The van der Waals surface area contributed by atoms with Crippen LogP contribution in [-0.2, 0) is 6.42 Å². The topological polar surface area (TPSA) is 53.7 Å². The van der Waals surface area contributed by atoms with Crippen LogP contribution in [0.1, 0.15) is 17.2 Å². The maximum absolute atomic E-state index is 6.29. The summed E-state index contributed by atoms with van der Waals surface area (Å²) in [6, 6.07) is 13.7. The summed E-state index contributed by atoms with van der Waals surface area (Å²) in [5.41, 5.74) is 8.37. The van der Waals surface area contributed by atoms with Gasteiger partial charge < -0.3 is 19.9 Å². The first-order valence-corrected chi connectivity index (χ1v) is 6.79. The Kier molecular flexibility index (Phi) is 5.06. The van der Waals surface area contributed by atoms with Crippen LogP contribution in [0.3, 0.4) is 0 Å². The molecule has 2 N–H and O–H groups in total. The van der Waals surface area contributed by atoms with Crippen molar-refractivity contribution in [1.29, 1.82) is 0 Å². The lowest BCUT2D eigenvalue weighted by molar-refractivity contribution is 0.321. The van der Waals surface area contributed by atoms with E-state index in [1.54, 1.807) is 21.3 Å². The second kappa shape index (κ2) is 6.99. The molecule has 0 spiro atoms. The second-order valence-corrected chi connectivity index (χ2v) is 4.71. The predicted octanol–water partition coefficient (Wildman–Crippen LogP) is 2.95. The number of hydrogen-bond donors (Lipinski definition) is 1. The maximum Gasteiger partial charge on any atom is 0.203 e. The molecular weight excluding hydrogens is 266 g/mol. The normalized spacial score (nSPS) is 11.8. The van der Waals surface area contributed by atoms with E-state index in [1.807, 2.05) is 42.5 Å². The van der Waals surface area contributed by atoms with Crippen molar-refractivity contribution in [3.8, 4) is 17.2 Å². The molecule has 2 aromatic carbocycles. The highest BCUT2D eigenvalue weighted by Crippen LogP contribution is 2.40. The third-order valence-corrected chi connectivity index (χ3v) is 3.45. The molecule has 0 aliphatic heterocycles. The van der Waals surface area contributed by atoms with Crippen LogP contribution < -0.4 is 19.9 Å². The first-order valence-electron chi connectivity index (χ1n) is 6.79. The monoisotopic (exact) mass is 287 g/mol. The van der Waals surface area contributed by atoms with Crippen LogP contribution in [0, 0.1) is 0 Å². The Morgan fingerprint density at radius 2 is 1.52 bits per heavy atom. The molecule has 0 saturated heterocycles. The van der Waals surface area contributed by atoms with E-state index < -0.39 is 0 Å². The Bertz CT molecular complexity index is 584. The molecule has 0 aliphatic rings. The summed E-state index contributed by atoms with van der Waals surface area (Å²) < 4.78 is 16.2. The van der Waals surface area contributed by atoms with E-state index in [1.165, 1.54) is 0 Å². The van der Waals surface area contributed by atoms with Crippen molar-refractivity contribution in [2.75, 3.05) is 21.3 Å². The summed E-state index contributed by atoms with van der Waals surface area (Å²) in [7, 11) is 4.82. The zero-order chi connectivity index (χ0) is 15.2. The zero-order valence-corrected chi connectivity index (χ0v) is 12.6. The minimum absolute atomic E-state index is 0.0989. The van der Waals surface area contributed by atoms with Gasteiger partial charge >= 0.3 is 0 Å². The molecule has 4 nitrogen and oxygen atoms in total. The average Bonchev–Trinajstić information content (AvgIpc) is 2.54. The van der Waals surface area contributed by atoms with Crippen molar-refractivity contribution in [1.82, 2.24) is 0 Å². The molecule has 4 heteroatoms. The fraction of sp³-hybridized carbons (Fsp3) is 0.294. The van der Waals surface area contributed by atoms with Gasteiger partial charge in [-0.2, -0.15) is 0 Å². The minimum Gasteiger partial charge on any atom is -0.493 e. The molecule has 21 heavy (non-hydrogen) atoms. The quantitative estimate of drug-likeness (QED) is 0.887. The minimum atomic E-state index is -0.0989. The first-order chi connectivity index (χ1) is 10.2. The summed E-state index contributed by atoms with van der Waals surface area (Å²) in [6.07, 6.45) is 0.660. The summed E-state index contributed by atoms with van der Waals surface area (Å²) >= 11 is 0. The lowest BCUT2D eigenvalue weighted by Crippen LogP contribution is -2.14. The molecule has 0 aromatic heterocycles. The third-order valence-electron chi connectivity index (χ3n) is 3.45. The van der Waals surface area contributed by atoms with Gasteiger partial charge in [0.15, 0.2) is 11.5 Å². The molecule has 0 radical (unpaired) electrons. The number of hydrogen-bond acceptors (Lipinski definition) is 4. The number of methoxy groups -OCH3 is 3. The van der Waals surface area contributed by atoms with E-state index in [0.29, 0.717) is 23.7 Å². The van der Waals surface area contributed by atoms with Gasteiger partial charge in [-0.3, -0.25) is 0 Å². The van der Waals surface area contributed by atoms with Crippen molar-refractivity contribution in [2.45, 2.75) is 12.5 Å². The zero-order valence-electron chi connectivity index (χ0n) is 12.6. The Hall–Kier alpha value is -2.20. The fourth-order valence-corrected chi connectivity index (χ4v) is 2.38. The highest BCUT2D eigenvalue weighted by molar-refractivity contribution is 5.56. The Labute approximate surface area is 125 Å². The largest absolute Gasteiger partial charge is 0.493 e. The van der Waals surface area contributed by atoms with Crippen LogP contribution in [0.4, 0.5) is 0 Å². The van der Waals surface area contributed by atoms with E-state index in [4.69, 9.17) is 19.9 Å². The summed E-state index contributed by atoms with van der Waals surface area (Å²) in [4.78, 5) is 0. The summed E-state index contributed by atoms with van der Waals surface area (Å²) in [5.74, 6) is 1.91. The van der Waals surface area contributed by atoms with Crippen molar-refractivity contribution < 1.29 is 14.2 Å². The molecule has 0 aliphatic carbocycles. The van der Waals surface area contributed by atoms with Crippen molar-refractivity contribution in [3.63, 3.8) is 0 Å². The van der Waals surface area contributed by atoms with Gasteiger partial charge in [-0.05, 0) is 18.1 Å². The second-order valence-electron chi connectivity index (χ2n) is 4.71. The van der Waals surface area contributed by atoms with Crippen molar-refractivity contribution in [3.05, 3.63) is 53.6 Å². The Morgan fingerprint density at radius 1 is 0.857 bits per heavy atom. The molecule has 0 fully saturated rings. The van der Waals surface area contributed by atoms with Crippen molar-refractivity contribution >= 4 is 0 Å². The molecule has 0 saturated carbocycles. The van der Waals surface area contributed by atoms with Crippen LogP contribution in [0.5, 0.6) is 17.2 Å². The van der Waals surface area contributed by atoms with Crippen LogP contribution in [0.25, 0.3) is 0 Å². The average molecular weight is 287 g/mol. The molecular formula is C17H21NO3. The number of ether oxygens (including phenoxy) is 3. The van der Waals surface area contributed by atoms with E-state index in [2.05, 4.69) is 0 Å². The highest BCUT2D eigenvalue weighted by atomic mass is 16.5. The SMILES string of the molecule is COc1ccc(CC(N)c2ccccc2)c(OC)c1OC. The van der Waals surface area contributed by atoms with Gasteiger partial charge in [0, 0.05) is 11.6 Å². The molecule has 2 rings (SSSR count). The molecule has 112 valence electrons. The van der Waals surface area contributed by atoms with Crippen LogP contribution in [-0.4, -0.2) is 21.3 Å². The lowest BCUT2D eigenvalue weighted by atomic mass is 9.98. The van der Waals surface area contributed by atoms with Gasteiger partial charge in [-0.15, -0.1) is 0 Å². The van der Waals surface area contributed by atoms with E-state index in [-0.39, 0.29) is 6.04 Å². The lowest BCUT2D eigenvalue weighted by Gasteiger charge is -2.18. The maximum atomic E-state index is 6.29. The molecule has 0 bridgehead atoms. The standard InChI is InChI=1S/C17H21NO3/c1-19-15-10-9-13(16(20-2)17(15)21-3)11-14(18)12-7-5-4-6-8-12/h4-10,14H,11,18H2,1-3H3. The van der Waals surface area contributed by atoms with Gasteiger partial charge in [0.2, 0.25) is 5.75 Å². The van der Waals surface area contributed by atoms with E-state index in [9.17, 15) is 0 Å². The van der Waals surface area contributed by atoms with Gasteiger partial charge in [-0.1, -0.05) is 36.4 Å². The molecule has 0 heterocycles. The number of benzene rings is 2.